The Kier molecular flexibility index (Phi) is 4.83. The molecule has 0 spiro atoms. The van der Waals surface area contributed by atoms with Gasteiger partial charge in [0.15, 0.2) is 5.17 Å². The second-order valence-corrected chi connectivity index (χ2v) is 8.96. The number of nitrogens with one attached hydrogen (secondary N) is 1. The topological polar surface area (TPSA) is 61.8 Å². The molecule has 0 aromatic heterocycles. The van der Waals surface area contributed by atoms with Crippen molar-refractivity contribution in [3.05, 3.63) is 0 Å². The third kappa shape index (κ3) is 3.48. The molecule has 4 aliphatic rings. The van der Waals surface area contributed by atoms with Crippen LogP contribution in [0.25, 0.3) is 0 Å². The molecule has 6 heteroatoms. The van der Waals surface area contributed by atoms with Gasteiger partial charge in [-0.25, -0.2) is 0 Å². The molecule has 132 valence electrons. The third-order valence-electron chi connectivity index (χ3n) is 6.08. The van der Waals surface area contributed by atoms with Crippen molar-refractivity contribution in [3.63, 3.8) is 0 Å². The number of fused-ring (bicyclic) bond motifs is 2. The van der Waals surface area contributed by atoms with Crippen LogP contribution in [-0.4, -0.2) is 46.3 Å². The monoisotopic (exact) mass is 349 g/mol. The zero-order chi connectivity index (χ0) is 16.5. The number of hydrogen-bond donors (Lipinski definition) is 1. The molecule has 4 unspecified atom stereocenters. The van der Waals surface area contributed by atoms with E-state index in [2.05, 4.69) is 5.32 Å². The summed E-state index contributed by atoms with van der Waals surface area (Å²) in [5, 5.41) is 3.38. The lowest BCUT2D eigenvalue weighted by atomic mass is 9.96. The molecular weight excluding hydrogens is 322 g/mol. The van der Waals surface area contributed by atoms with Gasteiger partial charge in [-0.3, -0.25) is 14.6 Å². The summed E-state index contributed by atoms with van der Waals surface area (Å²) in [5.41, 5.74) is 0. The van der Waals surface area contributed by atoms with Crippen LogP contribution in [0.15, 0.2) is 4.99 Å². The van der Waals surface area contributed by atoms with Crippen molar-refractivity contribution >= 4 is 28.7 Å². The molecule has 5 nitrogen and oxygen atoms in total. The van der Waals surface area contributed by atoms with Crippen LogP contribution >= 0.6 is 11.8 Å². The Hall–Kier alpha value is -1.04. The van der Waals surface area contributed by atoms with Gasteiger partial charge >= 0.3 is 0 Å². The van der Waals surface area contributed by atoms with Crippen LogP contribution < -0.4 is 5.32 Å². The Balaban J connectivity index is 1.33. The lowest BCUT2D eigenvalue weighted by Gasteiger charge is -2.21. The molecule has 2 aliphatic carbocycles. The maximum Gasteiger partial charge on any atom is 0.240 e. The third-order valence-corrected chi connectivity index (χ3v) is 7.18. The van der Waals surface area contributed by atoms with E-state index in [1.165, 1.54) is 50.3 Å². The Morgan fingerprint density at radius 1 is 1.17 bits per heavy atom. The molecule has 0 radical (unpaired) electrons. The van der Waals surface area contributed by atoms with E-state index in [4.69, 9.17) is 4.99 Å². The van der Waals surface area contributed by atoms with E-state index in [0.717, 1.165) is 42.9 Å². The number of amidine groups is 1. The second-order valence-electron chi connectivity index (χ2n) is 7.77. The quantitative estimate of drug-likeness (QED) is 0.852. The molecule has 0 aromatic rings. The lowest BCUT2D eigenvalue weighted by Crippen LogP contribution is -2.35. The maximum absolute atomic E-state index is 12.5. The second kappa shape index (κ2) is 7.06. The number of thioether (sulfide) groups is 1. The molecule has 4 atom stereocenters. The van der Waals surface area contributed by atoms with E-state index in [9.17, 15) is 9.59 Å². The Bertz CT molecular complexity index is 542. The van der Waals surface area contributed by atoms with Gasteiger partial charge < -0.3 is 10.2 Å². The van der Waals surface area contributed by atoms with E-state index in [1.54, 1.807) is 0 Å². The van der Waals surface area contributed by atoms with E-state index in [0.29, 0.717) is 12.5 Å². The maximum atomic E-state index is 12.5. The molecule has 2 amide bonds. The summed E-state index contributed by atoms with van der Waals surface area (Å²) >= 11 is 1.47. The molecule has 0 aromatic carbocycles. The molecule has 2 bridgehead atoms. The average Bonchev–Trinajstić information content (AvgIpc) is 3.18. The zero-order valence-corrected chi connectivity index (χ0v) is 15.0. The van der Waals surface area contributed by atoms with Gasteiger partial charge in [0.2, 0.25) is 11.8 Å². The van der Waals surface area contributed by atoms with Gasteiger partial charge in [0.05, 0.1) is 6.04 Å². The fraction of sp³-hybridized carbons (Fsp3) is 0.833. The smallest absolute Gasteiger partial charge is 0.240 e. The number of amides is 2. The first-order valence-corrected chi connectivity index (χ1v) is 10.4. The van der Waals surface area contributed by atoms with Crippen molar-refractivity contribution in [2.24, 2.45) is 16.8 Å². The van der Waals surface area contributed by atoms with E-state index < -0.39 is 0 Å². The standard InChI is InChI=1S/C18H27N3O2S/c22-16(21-7-3-1-2-4-8-21)11-15-17(23)20-18(24-15)19-14-10-12-5-6-13(14)9-12/h12-15H,1-11H2,(H,19,20,23). The summed E-state index contributed by atoms with van der Waals surface area (Å²) in [7, 11) is 0. The molecule has 1 N–H and O–H groups in total. The van der Waals surface area contributed by atoms with Crippen LogP contribution in [0.3, 0.4) is 0 Å². The number of aliphatic imine (C=N–C) groups is 1. The molecule has 4 fully saturated rings. The number of hydrogen-bond acceptors (Lipinski definition) is 4. The predicted molar refractivity (Wildman–Crippen MR) is 95.9 cm³/mol. The summed E-state index contributed by atoms with van der Waals surface area (Å²) in [6, 6.07) is 0.395. The summed E-state index contributed by atoms with van der Waals surface area (Å²) in [5.74, 6) is 1.67. The summed E-state index contributed by atoms with van der Waals surface area (Å²) in [6.45, 7) is 1.70. The average molecular weight is 350 g/mol. The Morgan fingerprint density at radius 2 is 1.96 bits per heavy atom. The first kappa shape index (κ1) is 16.4. The van der Waals surface area contributed by atoms with E-state index in [-0.39, 0.29) is 17.1 Å². The SMILES string of the molecule is O=C1NC(=NC2CC3CCC2C3)SC1CC(=O)N1CCCCCC1. The fourth-order valence-electron chi connectivity index (χ4n) is 4.73. The number of nitrogens with zero attached hydrogens (tertiary/aromatic N) is 2. The molecule has 4 rings (SSSR count). The van der Waals surface area contributed by atoms with E-state index in [1.807, 2.05) is 4.90 Å². The summed E-state index contributed by atoms with van der Waals surface area (Å²) in [6.07, 6.45) is 10.1. The molecule has 2 saturated carbocycles. The fourth-order valence-corrected chi connectivity index (χ4v) is 5.75. The van der Waals surface area contributed by atoms with Crippen LogP contribution in [0.2, 0.25) is 0 Å². The van der Waals surface area contributed by atoms with Crippen LogP contribution in [0.1, 0.15) is 57.8 Å². The van der Waals surface area contributed by atoms with Gasteiger partial charge in [0, 0.05) is 19.5 Å². The molecule has 2 aliphatic heterocycles. The van der Waals surface area contributed by atoms with Crippen molar-refractivity contribution in [1.29, 1.82) is 0 Å². The summed E-state index contributed by atoms with van der Waals surface area (Å²) < 4.78 is 0. The molecule has 24 heavy (non-hydrogen) atoms. The lowest BCUT2D eigenvalue weighted by molar-refractivity contribution is -0.132. The van der Waals surface area contributed by atoms with Gasteiger partial charge in [-0.1, -0.05) is 31.0 Å². The van der Waals surface area contributed by atoms with Crippen LogP contribution in [-0.2, 0) is 9.59 Å². The molecule has 2 saturated heterocycles. The Morgan fingerprint density at radius 3 is 2.62 bits per heavy atom. The predicted octanol–water partition coefficient (Wildman–Crippen LogP) is 2.56. The van der Waals surface area contributed by atoms with Crippen molar-refractivity contribution < 1.29 is 9.59 Å². The minimum atomic E-state index is -0.293. The normalized spacial score (nSPS) is 37.8. The minimum Gasteiger partial charge on any atom is -0.343 e. The van der Waals surface area contributed by atoms with Gasteiger partial charge in [-0.05, 0) is 43.9 Å². The van der Waals surface area contributed by atoms with Crippen LogP contribution in [0.5, 0.6) is 0 Å². The number of rotatable bonds is 3. The highest BCUT2D eigenvalue weighted by atomic mass is 32.2. The van der Waals surface area contributed by atoms with E-state index >= 15 is 0 Å². The highest BCUT2D eigenvalue weighted by Gasteiger charge is 2.41. The van der Waals surface area contributed by atoms with Crippen molar-refractivity contribution in [2.45, 2.75) is 69.1 Å². The van der Waals surface area contributed by atoms with Gasteiger partial charge in [0.1, 0.15) is 5.25 Å². The van der Waals surface area contributed by atoms with Gasteiger partial charge in [-0.2, -0.15) is 0 Å². The number of carbonyl (C=O) groups excluding carboxylic acids is 2. The molecular formula is C18H27N3O2S. The number of carbonyl (C=O) groups is 2. The first-order valence-electron chi connectivity index (χ1n) is 9.52. The largest absolute Gasteiger partial charge is 0.343 e. The van der Waals surface area contributed by atoms with Crippen LogP contribution in [0, 0.1) is 11.8 Å². The van der Waals surface area contributed by atoms with Crippen molar-refractivity contribution in [1.82, 2.24) is 10.2 Å². The zero-order valence-electron chi connectivity index (χ0n) is 14.2. The van der Waals surface area contributed by atoms with Gasteiger partial charge in [0.25, 0.3) is 0 Å². The van der Waals surface area contributed by atoms with Crippen molar-refractivity contribution in [3.8, 4) is 0 Å². The minimum absolute atomic E-state index is 0.0370. The van der Waals surface area contributed by atoms with Crippen LogP contribution in [0.4, 0.5) is 0 Å². The number of likely N-dealkylation sites (tertiary alicyclic amines) is 1. The highest BCUT2D eigenvalue weighted by Crippen LogP contribution is 2.46. The molecule has 2 heterocycles. The van der Waals surface area contributed by atoms with Crippen molar-refractivity contribution in [2.75, 3.05) is 13.1 Å². The summed E-state index contributed by atoms with van der Waals surface area (Å²) in [4.78, 5) is 31.5. The van der Waals surface area contributed by atoms with Gasteiger partial charge in [-0.15, -0.1) is 0 Å². The first-order chi connectivity index (χ1) is 11.7. The Labute approximate surface area is 148 Å². The highest BCUT2D eigenvalue weighted by molar-refractivity contribution is 8.15.